The summed E-state index contributed by atoms with van der Waals surface area (Å²) < 4.78 is 10.8. The Morgan fingerprint density at radius 1 is 1.24 bits per heavy atom. The molecular weight excluding hydrogens is 290 g/mol. The van der Waals surface area contributed by atoms with Gasteiger partial charge in [0.05, 0.1) is 18.7 Å². The molecule has 0 aliphatic rings. The van der Waals surface area contributed by atoms with Gasteiger partial charge in [-0.2, -0.15) is 0 Å². The van der Waals surface area contributed by atoms with E-state index in [1.807, 2.05) is 6.92 Å². The summed E-state index contributed by atoms with van der Waals surface area (Å²) in [5.41, 5.74) is 0.484. The molecule has 1 N–H and O–H groups in total. The molecule has 0 aliphatic carbocycles. The molecule has 21 heavy (non-hydrogen) atoms. The first-order valence-electron chi connectivity index (χ1n) is 7.42. The lowest BCUT2D eigenvalue weighted by molar-refractivity contribution is 0.0952. The van der Waals surface area contributed by atoms with Crippen molar-refractivity contribution in [1.29, 1.82) is 0 Å². The number of hydrogen-bond acceptors (Lipinski definition) is 3. The van der Waals surface area contributed by atoms with Crippen molar-refractivity contribution >= 4 is 17.5 Å². The van der Waals surface area contributed by atoms with Crippen LogP contribution in [0.5, 0.6) is 11.5 Å². The van der Waals surface area contributed by atoms with E-state index in [9.17, 15) is 4.79 Å². The van der Waals surface area contributed by atoms with E-state index in [0.717, 1.165) is 25.7 Å². The Labute approximate surface area is 131 Å². The van der Waals surface area contributed by atoms with E-state index in [1.54, 1.807) is 12.1 Å². The molecule has 0 aromatic heterocycles. The number of hydrogen-bond donors (Lipinski definition) is 1. The van der Waals surface area contributed by atoms with Crippen LogP contribution >= 0.6 is 11.6 Å². The standard InChI is InChI=1S/C16H24ClNO3/c1-4-6-7-8-18-16(19)12-10-13(17)15(21-9-5-2)14(11-12)20-3/h10-11H,4-9H2,1-3H3,(H,18,19). The van der Waals surface area contributed by atoms with Crippen LogP contribution in [0.4, 0.5) is 0 Å². The zero-order valence-corrected chi connectivity index (χ0v) is 13.8. The van der Waals surface area contributed by atoms with Gasteiger partial charge < -0.3 is 14.8 Å². The van der Waals surface area contributed by atoms with Crippen molar-refractivity contribution in [1.82, 2.24) is 5.32 Å². The molecular formula is C16H24ClNO3. The summed E-state index contributed by atoms with van der Waals surface area (Å²) in [7, 11) is 1.54. The molecule has 0 radical (unpaired) electrons. The number of carbonyl (C=O) groups is 1. The van der Waals surface area contributed by atoms with Crippen molar-refractivity contribution in [3.8, 4) is 11.5 Å². The number of rotatable bonds is 9. The zero-order chi connectivity index (χ0) is 15.7. The van der Waals surface area contributed by atoms with Crippen LogP contribution in [0, 0.1) is 0 Å². The minimum Gasteiger partial charge on any atom is -0.493 e. The number of methoxy groups -OCH3 is 1. The molecule has 0 bridgehead atoms. The molecule has 0 unspecified atom stereocenters. The van der Waals surface area contributed by atoms with Gasteiger partial charge in [0.2, 0.25) is 0 Å². The van der Waals surface area contributed by atoms with Crippen LogP contribution in [-0.4, -0.2) is 26.2 Å². The third kappa shape index (κ3) is 5.46. The lowest BCUT2D eigenvalue weighted by atomic mass is 10.1. The van der Waals surface area contributed by atoms with Crippen LogP contribution < -0.4 is 14.8 Å². The van der Waals surface area contributed by atoms with E-state index in [-0.39, 0.29) is 5.91 Å². The Bertz CT molecular complexity index is 463. The molecule has 118 valence electrons. The minimum atomic E-state index is -0.145. The van der Waals surface area contributed by atoms with Crippen molar-refractivity contribution in [3.05, 3.63) is 22.7 Å². The Kier molecular flexibility index (Phi) is 7.98. The van der Waals surface area contributed by atoms with Gasteiger partial charge in [0, 0.05) is 12.1 Å². The zero-order valence-electron chi connectivity index (χ0n) is 13.0. The molecule has 5 heteroatoms. The van der Waals surface area contributed by atoms with E-state index >= 15 is 0 Å². The Hall–Kier alpha value is -1.42. The Morgan fingerprint density at radius 2 is 2.00 bits per heavy atom. The fourth-order valence-electron chi connectivity index (χ4n) is 1.87. The van der Waals surface area contributed by atoms with Crippen molar-refractivity contribution in [2.45, 2.75) is 39.5 Å². The van der Waals surface area contributed by atoms with Crippen LogP contribution in [0.1, 0.15) is 49.9 Å². The highest BCUT2D eigenvalue weighted by Gasteiger charge is 2.15. The molecule has 1 aromatic rings. The van der Waals surface area contributed by atoms with Gasteiger partial charge in [0.1, 0.15) is 0 Å². The number of carbonyl (C=O) groups excluding carboxylic acids is 1. The van der Waals surface area contributed by atoms with Crippen LogP contribution in [0.25, 0.3) is 0 Å². The van der Waals surface area contributed by atoms with Gasteiger partial charge in [-0.15, -0.1) is 0 Å². The fourth-order valence-corrected chi connectivity index (χ4v) is 2.14. The first-order valence-corrected chi connectivity index (χ1v) is 7.80. The molecule has 0 atom stereocenters. The predicted octanol–water partition coefficient (Wildman–Crippen LogP) is 4.06. The largest absolute Gasteiger partial charge is 0.493 e. The maximum atomic E-state index is 12.1. The number of unbranched alkanes of at least 4 members (excludes halogenated alkanes) is 2. The van der Waals surface area contributed by atoms with Gasteiger partial charge in [0.15, 0.2) is 11.5 Å². The van der Waals surface area contributed by atoms with Crippen molar-refractivity contribution in [2.24, 2.45) is 0 Å². The number of nitrogens with one attached hydrogen (secondary N) is 1. The summed E-state index contributed by atoms with van der Waals surface area (Å²) in [5, 5.41) is 3.27. The van der Waals surface area contributed by atoms with E-state index in [0.29, 0.717) is 35.2 Å². The monoisotopic (exact) mass is 313 g/mol. The summed E-state index contributed by atoms with van der Waals surface area (Å²) in [5.74, 6) is 0.826. The molecule has 1 aromatic carbocycles. The van der Waals surface area contributed by atoms with Gasteiger partial charge in [-0.05, 0) is 25.0 Å². The number of ether oxygens (including phenoxy) is 2. The lowest BCUT2D eigenvalue weighted by Gasteiger charge is -2.13. The number of amides is 1. The second-order valence-electron chi connectivity index (χ2n) is 4.80. The van der Waals surface area contributed by atoms with Crippen LogP contribution in [0.3, 0.4) is 0 Å². The summed E-state index contributed by atoms with van der Waals surface area (Å²) in [6.45, 7) is 5.36. The summed E-state index contributed by atoms with van der Waals surface area (Å²) >= 11 is 6.19. The molecule has 4 nitrogen and oxygen atoms in total. The van der Waals surface area contributed by atoms with Gasteiger partial charge in [0.25, 0.3) is 5.91 Å². The van der Waals surface area contributed by atoms with E-state index in [4.69, 9.17) is 21.1 Å². The lowest BCUT2D eigenvalue weighted by Crippen LogP contribution is -2.24. The molecule has 0 aliphatic heterocycles. The SMILES string of the molecule is CCCCCNC(=O)c1cc(Cl)c(OCCC)c(OC)c1. The summed E-state index contributed by atoms with van der Waals surface area (Å²) in [6, 6.07) is 3.27. The number of benzene rings is 1. The average Bonchev–Trinajstić information content (AvgIpc) is 2.49. The van der Waals surface area contributed by atoms with Crippen LogP contribution in [-0.2, 0) is 0 Å². The molecule has 0 heterocycles. The highest BCUT2D eigenvalue weighted by atomic mass is 35.5. The minimum absolute atomic E-state index is 0.145. The quantitative estimate of drug-likeness (QED) is 0.699. The van der Waals surface area contributed by atoms with Crippen LogP contribution in [0.2, 0.25) is 5.02 Å². The maximum Gasteiger partial charge on any atom is 0.251 e. The van der Waals surface area contributed by atoms with E-state index in [2.05, 4.69) is 12.2 Å². The topological polar surface area (TPSA) is 47.6 Å². The average molecular weight is 314 g/mol. The first-order chi connectivity index (χ1) is 10.1. The third-order valence-corrected chi connectivity index (χ3v) is 3.29. The van der Waals surface area contributed by atoms with Crippen molar-refractivity contribution in [2.75, 3.05) is 20.3 Å². The van der Waals surface area contributed by atoms with Crippen LogP contribution in [0.15, 0.2) is 12.1 Å². The Balaban J connectivity index is 2.79. The van der Waals surface area contributed by atoms with Crippen molar-refractivity contribution in [3.63, 3.8) is 0 Å². The summed E-state index contributed by atoms with van der Waals surface area (Å²) in [6.07, 6.45) is 4.08. The molecule has 1 rings (SSSR count). The third-order valence-electron chi connectivity index (χ3n) is 3.01. The predicted molar refractivity (Wildman–Crippen MR) is 85.6 cm³/mol. The molecule has 0 fully saturated rings. The smallest absolute Gasteiger partial charge is 0.251 e. The van der Waals surface area contributed by atoms with Gasteiger partial charge in [-0.3, -0.25) is 4.79 Å². The van der Waals surface area contributed by atoms with Gasteiger partial charge in [-0.1, -0.05) is 38.3 Å². The van der Waals surface area contributed by atoms with E-state index in [1.165, 1.54) is 7.11 Å². The summed E-state index contributed by atoms with van der Waals surface area (Å²) in [4.78, 5) is 12.1. The number of halogens is 1. The second-order valence-corrected chi connectivity index (χ2v) is 5.21. The molecule has 0 saturated heterocycles. The van der Waals surface area contributed by atoms with Crippen molar-refractivity contribution < 1.29 is 14.3 Å². The fraction of sp³-hybridized carbons (Fsp3) is 0.562. The maximum absolute atomic E-state index is 12.1. The molecule has 1 amide bonds. The molecule has 0 saturated carbocycles. The Morgan fingerprint density at radius 3 is 2.62 bits per heavy atom. The van der Waals surface area contributed by atoms with Gasteiger partial charge in [-0.25, -0.2) is 0 Å². The highest BCUT2D eigenvalue weighted by Crippen LogP contribution is 2.36. The van der Waals surface area contributed by atoms with Gasteiger partial charge >= 0.3 is 0 Å². The molecule has 0 spiro atoms. The highest BCUT2D eigenvalue weighted by molar-refractivity contribution is 6.32. The van der Waals surface area contributed by atoms with E-state index < -0.39 is 0 Å². The normalized spacial score (nSPS) is 10.3. The first kappa shape index (κ1) is 17.6. The second kappa shape index (κ2) is 9.50.